The van der Waals surface area contributed by atoms with Crippen LogP contribution in [0.4, 0.5) is 11.4 Å². The molecule has 3 atom stereocenters. The minimum atomic E-state index is -1.82. The average molecular weight is 517 g/mol. The maximum absolute atomic E-state index is 12.7. The van der Waals surface area contributed by atoms with Gasteiger partial charge in [0.2, 0.25) is 0 Å². The fourth-order valence-corrected chi connectivity index (χ4v) is 5.74. The lowest BCUT2D eigenvalue weighted by atomic mass is 10.1. The van der Waals surface area contributed by atoms with Crippen LogP contribution in [0.1, 0.15) is 0 Å². The lowest BCUT2D eigenvalue weighted by molar-refractivity contribution is 0.444. The lowest BCUT2D eigenvalue weighted by Gasteiger charge is -2.10. The van der Waals surface area contributed by atoms with E-state index in [9.17, 15) is 12.6 Å². The first-order valence-electron chi connectivity index (χ1n) is 9.87. The molecule has 4 aromatic carbocycles. The minimum Gasteiger partial charge on any atom is -0.290 e. The molecule has 0 fully saturated rings. The van der Waals surface area contributed by atoms with Gasteiger partial charge < -0.3 is 0 Å². The third kappa shape index (κ3) is 4.76. The topological polar surface area (TPSA) is 104 Å². The van der Waals surface area contributed by atoms with E-state index in [1.165, 1.54) is 27.4 Å². The summed E-state index contributed by atoms with van der Waals surface area (Å²) in [6.45, 7) is 0. The van der Waals surface area contributed by atoms with E-state index in [1.807, 2.05) is 24.3 Å². The Morgan fingerprint density at radius 1 is 0.618 bits per heavy atom. The number of azo groups is 1. The molecule has 0 saturated heterocycles. The summed E-state index contributed by atoms with van der Waals surface area (Å²) in [5.74, 6) is 0. The summed E-state index contributed by atoms with van der Waals surface area (Å²) in [7, 11) is 4.04. The van der Waals surface area contributed by atoms with E-state index < -0.39 is 33.2 Å². The van der Waals surface area contributed by atoms with Crippen LogP contribution in [-0.4, -0.2) is 34.0 Å². The van der Waals surface area contributed by atoms with Gasteiger partial charge in [0.05, 0.1) is 47.4 Å². The molecule has 4 rings (SSSR count). The van der Waals surface area contributed by atoms with Gasteiger partial charge >= 0.3 is 0 Å². The summed E-state index contributed by atoms with van der Waals surface area (Å²) in [4.78, 5) is 1.21. The second-order valence-corrected chi connectivity index (χ2v) is 10.6. The van der Waals surface area contributed by atoms with Crippen molar-refractivity contribution in [1.29, 1.82) is 0 Å². The lowest BCUT2D eigenvalue weighted by Crippen LogP contribution is -1.99. The molecule has 0 saturated carbocycles. The summed E-state index contributed by atoms with van der Waals surface area (Å²) >= 11 is -5.14. The van der Waals surface area contributed by atoms with Crippen molar-refractivity contribution < 1.29 is 25.2 Å². The summed E-state index contributed by atoms with van der Waals surface area (Å²) in [5.41, 5.74) is 1.03. The molecule has 34 heavy (non-hydrogen) atoms. The van der Waals surface area contributed by atoms with Crippen molar-refractivity contribution in [3.8, 4) is 0 Å². The molecular weight excluding hydrogens is 496 g/mol. The monoisotopic (exact) mass is 516 g/mol. The van der Waals surface area contributed by atoms with Crippen molar-refractivity contribution in [2.45, 2.75) is 14.7 Å². The molecule has 0 aliphatic carbocycles. The van der Waals surface area contributed by atoms with Gasteiger partial charge in [0.25, 0.3) is 0 Å². The van der Waals surface area contributed by atoms with Crippen LogP contribution in [0.5, 0.6) is 0 Å². The molecule has 8 nitrogen and oxygen atoms in total. The van der Waals surface area contributed by atoms with Crippen molar-refractivity contribution in [3.63, 3.8) is 0 Å². The SMILES string of the molecule is COS(=O)c1cc(S(=O)OC)c2c(/N=N/c3ccc(S(=O)OC)c4ccccc34)cccc2c1. The average Bonchev–Trinajstić information content (AvgIpc) is 2.89. The molecule has 3 unspecified atom stereocenters. The number of benzene rings is 4. The third-order valence-corrected chi connectivity index (χ3v) is 7.95. The zero-order chi connectivity index (χ0) is 24.2. The molecule has 176 valence electrons. The van der Waals surface area contributed by atoms with E-state index in [0.29, 0.717) is 36.8 Å². The quantitative estimate of drug-likeness (QED) is 0.290. The molecule has 0 radical (unpaired) electrons. The summed E-state index contributed by atoms with van der Waals surface area (Å²) < 4.78 is 52.1. The first-order valence-corrected chi connectivity index (χ1v) is 13.1. The minimum absolute atomic E-state index is 0.311. The first-order chi connectivity index (χ1) is 16.5. The summed E-state index contributed by atoms with van der Waals surface area (Å²) in [5, 5.41) is 11.6. The van der Waals surface area contributed by atoms with E-state index in [-0.39, 0.29) is 0 Å². The first kappa shape index (κ1) is 24.5. The highest BCUT2D eigenvalue weighted by Crippen LogP contribution is 2.36. The molecule has 0 N–H and O–H groups in total. The molecule has 0 heterocycles. The van der Waals surface area contributed by atoms with E-state index in [1.54, 1.807) is 36.4 Å². The normalized spacial score (nSPS) is 14.6. The molecule has 0 aliphatic rings. The van der Waals surface area contributed by atoms with Gasteiger partial charge in [-0.2, -0.15) is 0 Å². The largest absolute Gasteiger partial charge is 0.290 e. The standard InChI is InChI=1S/C23H20N2O6S3/c1-29-32(26)16-13-15-7-6-10-20(23(15)22(14-16)34(28)31-3)25-24-19-11-12-21(33(27)30-2)18-9-5-4-8-17(18)19/h4-14H,1-3H3/b25-24+. The van der Waals surface area contributed by atoms with Gasteiger partial charge in [0.1, 0.15) is 0 Å². The fourth-order valence-electron chi connectivity index (χ4n) is 3.53. The molecule has 0 bridgehead atoms. The number of hydrogen-bond acceptors (Lipinski definition) is 8. The van der Waals surface area contributed by atoms with Gasteiger partial charge in [-0.05, 0) is 35.7 Å². The van der Waals surface area contributed by atoms with Gasteiger partial charge in [-0.15, -0.1) is 10.2 Å². The van der Waals surface area contributed by atoms with Gasteiger partial charge in [0.15, 0.2) is 33.2 Å². The van der Waals surface area contributed by atoms with Crippen LogP contribution in [0.25, 0.3) is 21.5 Å². The van der Waals surface area contributed by atoms with Crippen molar-refractivity contribution in [2.75, 3.05) is 21.3 Å². The fraction of sp³-hybridized carbons (Fsp3) is 0.130. The Hall–Kier alpha value is -2.67. The molecule has 0 amide bonds. The van der Waals surface area contributed by atoms with Crippen molar-refractivity contribution in [3.05, 3.63) is 66.7 Å². The van der Waals surface area contributed by atoms with E-state index in [2.05, 4.69) is 10.2 Å². The number of fused-ring (bicyclic) bond motifs is 2. The third-order valence-electron chi connectivity index (χ3n) is 5.02. The zero-order valence-corrected chi connectivity index (χ0v) is 20.9. The molecule has 0 aromatic heterocycles. The van der Waals surface area contributed by atoms with Crippen LogP contribution in [0, 0.1) is 0 Å². The van der Waals surface area contributed by atoms with Crippen LogP contribution in [0.3, 0.4) is 0 Å². The molecule has 0 aliphatic heterocycles. The number of nitrogens with zero attached hydrogens (tertiary/aromatic N) is 2. The highest BCUT2D eigenvalue weighted by molar-refractivity contribution is 7.81. The highest BCUT2D eigenvalue weighted by Gasteiger charge is 2.17. The zero-order valence-electron chi connectivity index (χ0n) is 18.4. The number of hydrogen-bond donors (Lipinski definition) is 0. The van der Waals surface area contributed by atoms with Gasteiger partial charge in [-0.3, -0.25) is 12.5 Å². The van der Waals surface area contributed by atoms with Crippen molar-refractivity contribution in [1.82, 2.24) is 0 Å². The Bertz CT molecular complexity index is 1490. The Morgan fingerprint density at radius 3 is 1.97 bits per heavy atom. The van der Waals surface area contributed by atoms with E-state index >= 15 is 0 Å². The summed E-state index contributed by atoms with van der Waals surface area (Å²) in [6, 6.07) is 19.3. The predicted octanol–water partition coefficient (Wildman–Crippen LogP) is 5.42. The van der Waals surface area contributed by atoms with E-state index in [4.69, 9.17) is 12.5 Å². The maximum atomic E-state index is 12.7. The Labute approximate surface area is 203 Å². The van der Waals surface area contributed by atoms with Gasteiger partial charge in [-0.1, -0.05) is 36.4 Å². The van der Waals surface area contributed by atoms with E-state index in [0.717, 1.165) is 10.8 Å². The smallest absolute Gasteiger partial charge is 0.189 e. The Balaban J connectivity index is 1.88. The van der Waals surface area contributed by atoms with Crippen LogP contribution in [0.2, 0.25) is 0 Å². The number of rotatable bonds is 8. The molecule has 11 heteroatoms. The van der Waals surface area contributed by atoms with Crippen molar-refractivity contribution >= 4 is 66.2 Å². The summed E-state index contributed by atoms with van der Waals surface area (Å²) in [6.07, 6.45) is 0. The van der Waals surface area contributed by atoms with Crippen LogP contribution >= 0.6 is 0 Å². The molecule has 4 aromatic rings. The molecule has 0 spiro atoms. The van der Waals surface area contributed by atoms with Crippen LogP contribution in [-0.2, 0) is 45.8 Å². The molecular formula is C23H20N2O6S3. The van der Waals surface area contributed by atoms with Crippen LogP contribution in [0.15, 0.2) is 91.6 Å². The van der Waals surface area contributed by atoms with Gasteiger partial charge in [-0.25, -0.2) is 12.6 Å². The van der Waals surface area contributed by atoms with Crippen LogP contribution < -0.4 is 0 Å². The Kier molecular flexibility index (Phi) is 7.71. The highest BCUT2D eigenvalue weighted by atomic mass is 32.2. The maximum Gasteiger partial charge on any atom is 0.189 e. The second kappa shape index (κ2) is 10.7. The van der Waals surface area contributed by atoms with Crippen molar-refractivity contribution in [2.24, 2.45) is 10.2 Å². The second-order valence-electron chi connectivity index (χ2n) is 6.83. The van der Waals surface area contributed by atoms with Gasteiger partial charge in [0, 0.05) is 16.2 Å². The predicted molar refractivity (Wildman–Crippen MR) is 132 cm³/mol. The Morgan fingerprint density at radius 2 is 1.26 bits per heavy atom.